The van der Waals surface area contributed by atoms with Crippen LogP contribution >= 0.6 is 0 Å². The smallest absolute Gasteiger partial charge is 0.244 e. The fourth-order valence-electron chi connectivity index (χ4n) is 3.12. The summed E-state index contributed by atoms with van der Waals surface area (Å²) in [7, 11) is 0. The number of carbonyl (C=O) groups is 1. The van der Waals surface area contributed by atoms with E-state index < -0.39 is 17.7 Å². The van der Waals surface area contributed by atoms with Crippen molar-refractivity contribution in [1.29, 1.82) is 0 Å². The lowest BCUT2D eigenvalue weighted by molar-refractivity contribution is -0.125. The van der Waals surface area contributed by atoms with Gasteiger partial charge in [-0.1, -0.05) is 24.3 Å². The first-order valence-corrected chi connectivity index (χ1v) is 8.03. The Balaban J connectivity index is 1.79. The first kappa shape index (κ1) is 16.6. The van der Waals surface area contributed by atoms with Crippen molar-refractivity contribution in [2.75, 3.05) is 18.0 Å². The molecule has 1 atom stereocenters. The zero-order valence-electron chi connectivity index (χ0n) is 13.8. The quantitative estimate of drug-likeness (QED) is 0.860. The lowest BCUT2D eigenvalue weighted by Crippen LogP contribution is -2.55. The van der Waals surface area contributed by atoms with Gasteiger partial charge < -0.3 is 4.90 Å². The molecule has 0 radical (unpaired) electrons. The summed E-state index contributed by atoms with van der Waals surface area (Å²) >= 11 is 0. The number of hydrogen-bond donors (Lipinski definition) is 0. The van der Waals surface area contributed by atoms with Crippen LogP contribution in [0.4, 0.5) is 14.5 Å². The Labute approximate surface area is 140 Å². The lowest BCUT2D eigenvalue weighted by Gasteiger charge is -2.39. The Bertz CT molecular complexity index is 743. The second kappa shape index (κ2) is 6.69. The topological polar surface area (TPSA) is 23.6 Å². The molecule has 1 aliphatic rings. The van der Waals surface area contributed by atoms with E-state index in [-0.39, 0.29) is 18.0 Å². The minimum absolute atomic E-state index is 0.0153. The van der Waals surface area contributed by atoms with Crippen LogP contribution in [0.3, 0.4) is 0 Å². The fraction of sp³-hybridized carbons (Fsp3) is 0.316. The molecule has 2 aromatic rings. The number of anilines is 1. The third-order valence-corrected chi connectivity index (χ3v) is 4.61. The van der Waals surface area contributed by atoms with Gasteiger partial charge in [0.1, 0.15) is 11.6 Å². The minimum Gasteiger partial charge on any atom is -0.310 e. The van der Waals surface area contributed by atoms with Gasteiger partial charge in [-0.05, 0) is 37.6 Å². The molecule has 0 bridgehead atoms. The van der Waals surface area contributed by atoms with Crippen LogP contribution in [-0.2, 0) is 11.3 Å². The molecule has 0 spiro atoms. The molecule has 1 amide bonds. The predicted molar refractivity (Wildman–Crippen MR) is 89.8 cm³/mol. The van der Waals surface area contributed by atoms with Gasteiger partial charge >= 0.3 is 0 Å². The summed E-state index contributed by atoms with van der Waals surface area (Å²) in [6.07, 6.45) is 0. The monoisotopic (exact) mass is 330 g/mol. The molecule has 0 N–H and O–H groups in total. The summed E-state index contributed by atoms with van der Waals surface area (Å²) in [4.78, 5) is 16.3. The molecular formula is C19H20F2N2O. The standard InChI is InChI=1S/C19H20F2N2O/c1-13-6-3-4-9-18(13)23-11-10-22(14(2)19(23)24)12-15-16(20)7-5-8-17(15)21/h3-9,14H,10-12H2,1-2H3. The number of nitrogens with zero attached hydrogens (tertiary/aromatic N) is 2. The van der Waals surface area contributed by atoms with Gasteiger partial charge in [0.05, 0.1) is 6.04 Å². The molecule has 0 aromatic heterocycles. The highest BCUT2D eigenvalue weighted by atomic mass is 19.1. The largest absolute Gasteiger partial charge is 0.310 e. The number of amides is 1. The van der Waals surface area contributed by atoms with Crippen molar-refractivity contribution < 1.29 is 13.6 Å². The maximum Gasteiger partial charge on any atom is 0.244 e. The van der Waals surface area contributed by atoms with Crippen LogP contribution in [0.15, 0.2) is 42.5 Å². The maximum atomic E-state index is 13.9. The summed E-state index contributed by atoms with van der Waals surface area (Å²) in [6.45, 7) is 4.91. The molecule has 1 unspecified atom stereocenters. The number of rotatable bonds is 3. The van der Waals surface area contributed by atoms with E-state index >= 15 is 0 Å². The molecule has 1 aliphatic heterocycles. The number of hydrogen-bond acceptors (Lipinski definition) is 2. The van der Waals surface area contributed by atoms with Crippen LogP contribution in [0.5, 0.6) is 0 Å². The molecule has 2 aromatic carbocycles. The van der Waals surface area contributed by atoms with Crippen LogP contribution < -0.4 is 4.90 Å². The third kappa shape index (κ3) is 3.04. The van der Waals surface area contributed by atoms with Crippen LogP contribution in [0.25, 0.3) is 0 Å². The maximum absolute atomic E-state index is 13.9. The van der Waals surface area contributed by atoms with Gasteiger partial charge in [-0.15, -0.1) is 0 Å². The molecule has 0 saturated carbocycles. The Hall–Kier alpha value is -2.27. The first-order valence-electron chi connectivity index (χ1n) is 8.03. The van der Waals surface area contributed by atoms with Gasteiger partial charge in [0, 0.05) is 30.9 Å². The van der Waals surface area contributed by atoms with Crippen molar-refractivity contribution in [2.24, 2.45) is 0 Å². The summed E-state index contributed by atoms with van der Waals surface area (Å²) < 4.78 is 27.7. The van der Waals surface area contributed by atoms with E-state index in [0.717, 1.165) is 11.3 Å². The Morgan fingerprint density at radius 1 is 1.04 bits per heavy atom. The van der Waals surface area contributed by atoms with Crippen molar-refractivity contribution in [1.82, 2.24) is 4.90 Å². The van der Waals surface area contributed by atoms with E-state index in [1.54, 1.807) is 11.8 Å². The zero-order chi connectivity index (χ0) is 17.3. The second-order valence-corrected chi connectivity index (χ2v) is 6.12. The van der Waals surface area contributed by atoms with Crippen molar-refractivity contribution in [3.05, 3.63) is 65.2 Å². The Morgan fingerprint density at radius 3 is 2.38 bits per heavy atom. The molecule has 24 heavy (non-hydrogen) atoms. The highest BCUT2D eigenvalue weighted by Gasteiger charge is 2.33. The fourth-order valence-corrected chi connectivity index (χ4v) is 3.12. The van der Waals surface area contributed by atoms with E-state index in [1.165, 1.54) is 18.2 Å². The average molecular weight is 330 g/mol. The predicted octanol–water partition coefficient (Wildman–Crippen LogP) is 3.51. The molecule has 3 nitrogen and oxygen atoms in total. The first-order chi connectivity index (χ1) is 11.5. The van der Waals surface area contributed by atoms with Crippen LogP contribution in [0, 0.1) is 18.6 Å². The number of piperazine rings is 1. The third-order valence-electron chi connectivity index (χ3n) is 4.61. The van der Waals surface area contributed by atoms with Gasteiger partial charge in [0.25, 0.3) is 0 Å². The van der Waals surface area contributed by atoms with Crippen LogP contribution in [0.1, 0.15) is 18.1 Å². The van der Waals surface area contributed by atoms with Crippen molar-refractivity contribution in [3.63, 3.8) is 0 Å². The van der Waals surface area contributed by atoms with Gasteiger partial charge in [-0.3, -0.25) is 9.69 Å². The van der Waals surface area contributed by atoms with Crippen LogP contribution in [0.2, 0.25) is 0 Å². The number of halogens is 2. The Kier molecular flexibility index (Phi) is 4.62. The van der Waals surface area contributed by atoms with Gasteiger partial charge in [0.15, 0.2) is 0 Å². The average Bonchev–Trinajstić information content (AvgIpc) is 2.56. The summed E-state index contributed by atoms with van der Waals surface area (Å²) in [5.74, 6) is -1.20. The van der Waals surface area contributed by atoms with E-state index in [1.807, 2.05) is 36.1 Å². The van der Waals surface area contributed by atoms with Crippen molar-refractivity contribution in [2.45, 2.75) is 26.4 Å². The normalized spacial score (nSPS) is 18.9. The molecule has 5 heteroatoms. The minimum atomic E-state index is -0.573. The summed E-state index contributed by atoms with van der Waals surface area (Å²) in [5, 5.41) is 0. The van der Waals surface area contributed by atoms with Crippen molar-refractivity contribution >= 4 is 11.6 Å². The highest BCUT2D eigenvalue weighted by molar-refractivity contribution is 5.98. The summed E-state index contributed by atoms with van der Waals surface area (Å²) in [6, 6.07) is 11.1. The molecular weight excluding hydrogens is 310 g/mol. The van der Waals surface area contributed by atoms with E-state index in [0.29, 0.717) is 13.1 Å². The molecule has 0 aliphatic carbocycles. The molecule has 1 saturated heterocycles. The van der Waals surface area contributed by atoms with Gasteiger partial charge in [0.2, 0.25) is 5.91 Å². The van der Waals surface area contributed by atoms with E-state index in [2.05, 4.69) is 0 Å². The number of aryl methyl sites for hydroxylation is 1. The van der Waals surface area contributed by atoms with Gasteiger partial charge in [-0.2, -0.15) is 0 Å². The van der Waals surface area contributed by atoms with Gasteiger partial charge in [-0.25, -0.2) is 8.78 Å². The number of carbonyl (C=O) groups excluding carboxylic acids is 1. The number of benzene rings is 2. The zero-order valence-corrected chi connectivity index (χ0v) is 13.8. The molecule has 3 rings (SSSR count). The lowest BCUT2D eigenvalue weighted by atomic mass is 10.1. The van der Waals surface area contributed by atoms with E-state index in [9.17, 15) is 13.6 Å². The second-order valence-electron chi connectivity index (χ2n) is 6.12. The Morgan fingerprint density at radius 2 is 1.71 bits per heavy atom. The summed E-state index contributed by atoms with van der Waals surface area (Å²) in [5.41, 5.74) is 1.94. The van der Waals surface area contributed by atoms with E-state index in [4.69, 9.17) is 0 Å². The molecule has 1 heterocycles. The SMILES string of the molecule is Cc1ccccc1N1CCN(Cc2c(F)cccc2F)C(C)C1=O. The number of para-hydroxylation sites is 1. The molecule has 1 fully saturated rings. The highest BCUT2D eigenvalue weighted by Crippen LogP contribution is 2.25. The molecule has 126 valence electrons. The van der Waals surface area contributed by atoms with Crippen molar-refractivity contribution in [3.8, 4) is 0 Å². The van der Waals surface area contributed by atoms with Crippen LogP contribution in [-0.4, -0.2) is 29.9 Å².